The van der Waals surface area contributed by atoms with E-state index in [4.69, 9.17) is 5.73 Å². The van der Waals surface area contributed by atoms with Gasteiger partial charge in [0.1, 0.15) is 11.7 Å². The highest BCUT2D eigenvalue weighted by molar-refractivity contribution is 6.20. The number of amides is 5. The molecule has 1 fully saturated rings. The summed E-state index contributed by atoms with van der Waals surface area (Å²) in [5, 5.41) is 5.01. The van der Waals surface area contributed by atoms with Gasteiger partial charge in [0.05, 0.1) is 0 Å². The van der Waals surface area contributed by atoms with E-state index < -0.39 is 35.6 Å². The van der Waals surface area contributed by atoms with E-state index in [0.717, 1.165) is 16.5 Å². The Morgan fingerprint density at radius 3 is 2.74 bits per heavy atom. The quantitative estimate of drug-likeness (QED) is 0.581. The van der Waals surface area contributed by atoms with Crippen LogP contribution in [0, 0.1) is 0 Å². The Hall–Kier alpha value is -3.49. The summed E-state index contributed by atoms with van der Waals surface area (Å²) in [5.74, 6) is -2.73. The van der Waals surface area contributed by atoms with Crippen molar-refractivity contribution in [2.75, 3.05) is 5.32 Å². The topological polar surface area (TPSA) is 139 Å². The predicted molar refractivity (Wildman–Crippen MR) is 93.7 cm³/mol. The number of rotatable bonds is 6. The molecule has 3 rings (SSSR count). The number of benzene rings is 1. The van der Waals surface area contributed by atoms with Crippen molar-refractivity contribution in [3.05, 3.63) is 41.6 Å². The fourth-order valence-corrected chi connectivity index (χ4v) is 3.03. The summed E-state index contributed by atoms with van der Waals surface area (Å²) in [7, 11) is 0. The third-order valence-electron chi connectivity index (χ3n) is 4.34. The average molecular weight is 370 g/mol. The van der Waals surface area contributed by atoms with Gasteiger partial charge in [-0.05, 0) is 30.5 Å². The molecule has 1 saturated heterocycles. The molecule has 1 atom stereocenters. The van der Waals surface area contributed by atoms with Crippen molar-refractivity contribution in [2.45, 2.75) is 31.7 Å². The molecule has 4 N–H and O–H groups in total. The van der Waals surface area contributed by atoms with Gasteiger partial charge in [-0.1, -0.05) is 12.1 Å². The molecule has 2 heterocycles. The number of nitrogens with two attached hydrogens (primary N) is 1. The molecule has 140 valence electrons. The molecule has 0 aromatic heterocycles. The zero-order chi connectivity index (χ0) is 19.6. The van der Waals surface area contributed by atoms with Crippen LogP contribution in [0.25, 0.3) is 0 Å². The van der Waals surface area contributed by atoms with Gasteiger partial charge >= 0.3 is 0 Å². The number of hydrogen-bond donors (Lipinski definition) is 3. The van der Waals surface area contributed by atoms with E-state index in [9.17, 15) is 24.0 Å². The number of primary amides is 1. The second kappa shape index (κ2) is 7.40. The van der Waals surface area contributed by atoms with E-state index in [1.54, 1.807) is 18.2 Å². The van der Waals surface area contributed by atoms with Crippen molar-refractivity contribution < 1.29 is 24.0 Å². The number of piperidine rings is 1. The molecule has 1 unspecified atom stereocenters. The predicted octanol–water partition coefficient (Wildman–Crippen LogP) is -0.426. The van der Waals surface area contributed by atoms with Gasteiger partial charge in [0.2, 0.25) is 17.7 Å². The maximum Gasteiger partial charge on any atom is 0.278 e. The van der Waals surface area contributed by atoms with Crippen molar-refractivity contribution in [2.24, 2.45) is 5.73 Å². The first kappa shape index (κ1) is 18.3. The minimum absolute atomic E-state index is 0.0387. The third-order valence-corrected chi connectivity index (χ3v) is 4.34. The molecule has 0 radical (unpaired) electrons. The first-order valence-corrected chi connectivity index (χ1v) is 8.42. The SMILES string of the molecule is NC(=O)CCc1cccc(NC2=CC(=O)N(C3CCC(=O)NC3=O)C2=O)c1. The number of carbonyl (C=O) groups is 5. The van der Waals surface area contributed by atoms with Crippen LogP contribution in [0.3, 0.4) is 0 Å². The van der Waals surface area contributed by atoms with Crippen molar-refractivity contribution >= 4 is 35.2 Å². The molecule has 9 nitrogen and oxygen atoms in total. The number of aryl methyl sites for hydroxylation is 1. The molecular weight excluding hydrogens is 352 g/mol. The molecule has 9 heteroatoms. The molecule has 0 saturated carbocycles. The van der Waals surface area contributed by atoms with Crippen molar-refractivity contribution in [1.82, 2.24) is 10.2 Å². The molecule has 5 amide bonds. The zero-order valence-corrected chi connectivity index (χ0v) is 14.4. The Kier molecular flexibility index (Phi) is 5.02. The lowest BCUT2D eigenvalue weighted by atomic mass is 10.0. The Balaban J connectivity index is 1.71. The average Bonchev–Trinajstić information content (AvgIpc) is 2.88. The normalized spacial score (nSPS) is 19.8. The molecule has 1 aromatic carbocycles. The minimum atomic E-state index is -1.000. The Morgan fingerprint density at radius 1 is 1.26 bits per heavy atom. The third kappa shape index (κ3) is 4.02. The first-order chi connectivity index (χ1) is 12.8. The number of imide groups is 2. The van der Waals surface area contributed by atoms with Crippen LogP contribution in [0.2, 0.25) is 0 Å². The van der Waals surface area contributed by atoms with E-state index in [2.05, 4.69) is 10.6 Å². The molecule has 27 heavy (non-hydrogen) atoms. The fraction of sp³-hybridized carbons (Fsp3) is 0.278. The molecule has 2 aliphatic rings. The van der Waals surface area contributed by atoms with Crippen LogP contribution in [0.4, 0.5) is 5.69 Å². The Bertz CT molecular complexity index is 876. The number of nitrogens with zero attached hydrogens (tertiary/aromatic N) is 1. The fourth-order valence-electron chi connectivity index (χ4n) is 3.03. The molecular formula is C18H18N4O5. The lowest BCUT2D eigenvalue weighted by molar-refractivity contribution is -0.149. The number of anilines is 1. The standard InChI is InChI=1S/C18H18N4O5/c19-14(23)6-4-10-2-1-3-11(8-10)20-12-9-16(25)22(18(12)27)13-5-7-15(24)21-17(13)26/h1-3,8-9,13,20H,4-7H2,(H2,19,23)(H,21,24,26). The van der Waals surface area contributed by atoms with E-state index in [-0.39, 0.29) is 25.0 Å². The highest BCUT2D eigenvalue weighted by Crippen LogP contribution is 2.23. The summed E-state index contributed by atoms with van der Waals surface area (Å²) >= 11 is 0. The smallest absolute Gasteiger partial charge is 0.278 e. The van der Waals surface area contributed by atoms with E-state index >= 15 is 0 Å². The van der Waals surface area contributed by atoms with Gasteiger partial charge in [-0.15, -0.1) is 0 Å². The van der Waals surface area contributed by atoms with Gasteiger partial charge in [0, 0.05) is 24.6 Å². The summed E-state index contributed by atoms with van der Waals surface area (Å²) in [6, 6.07) is 6.02. The zero-order valence-electron chi connectivity index (χ0n) is 14.4. The monoisotopic (exact) mass is 370 g/mol. The van der Waals surface area contributed by atoms with E-state index in [1.807, 2.05) is 6.07 Å². The molecule has 0 spiro atoms. The molecule has 2 aliphatic heterocycles. The van der Waals surface area contributed by atoms with Crippen molar-refractivity contribution in [3.8, 4) is 0 Å². The first-order valence-electron chi connectivity index (χ1n) is 8.42. The number of hydrogen-bond acceptors (Lipinski definition) is 6. The van der Waals surface area contributed by atoms with Gasteiger partial charge in [-0.3, -0.25) is 34.2 Å². The van der Waals surface area contributed by atoms with Crippen LogP contribution in [-0.2, 0) is 30.4 Å². The van der Waals surface area contributed by atoms with Crippen LogP contribution in [0.5, 0.6) is 0 Å². The summed E-state index contributed by atoms with van der Waals surface area (Å²) in [5.41, 5.74) is 6.59. The lowest BCUT2D eigenvalue weighted by Crippen LogP contribution is -2.54. The second-order valence-corrected chi connectivity index (χ2v) is 6.33. The van der Waals surface area contributed by atoms with E-state index in [0.29, 0.717) is 12.1 Å². The Morgan fingerprint density at radius 2 is 2.04 bits per heavy atom. The van der Waals surface area contributed by atoms with Crippen molar-refractivity contribution in [1.29, 1.82) is 0 Å². The van der Waals surface area contributed by atoms with Crippen LogP contribution in [0.15, 0.2) is 36.0 Å². The maximum atomic E-state index is 12.6. The summed E-state index contributed by atoms with van der Waals surface area (Å²) in [4.78, 5) is 59.8. The second-order valence-electron chi connectivity index (χ2n) is 6.33. The largest absolute Gasteiger partial charge is 0.370 e. The summed E-state index contributed by atoms with van der Waals surface area (Å²) < 4.78 is 0. The summed E-state index contributed by atoms with van der Waals surface area (Å²) in [6.07, 6.45) is 1.96. The Labute approximate surface area is 154 Å². The number of carbonyl (C=O) groups excluding carboxylic acids is 5. The van der Waals surface area contributed by atoms with Gasteiger partial charge in [-0.2, -0.15) is 0 Å². The van der Waals surface area contributed by atoms with Gasteiger partial charge in [-0.25, -0.2) is 0 Å². The van der Waals surface area contributed by atoms with E-state index in [1.165, 1.54) is 0 Å². The summed E-state index contributed by atoms with van der Waals surface area (Å²) in [6.45, 7) is 0. The lowest BCUT2D eigenvalue weighted by Gasteiger charge is -2.28. The molecule has 0 bridgehead atoms. The van der Waals surface area contributed by atoms with Gasteiger partial charge in [0.15, 0.2) is 0 Å². The highest BCUT2D eigenvalue weighted by Gasteiger charge is 2.42. The van der Waals surface area contributed by atoms with Crippen LogP contribution in [0.1, 0.15) is 24.8 Å². The highest BCUT2D eigenvalue weighted by atomic mass is 16.2. The van der Waals surface area contributed by atoms with Crippen LogP contribution < -0.4 is 16.4 Å². The van der Waals surface area contributed by atoms with Crippen LogP contribution >= 0.6 is 0 Å². The molecule has 1 aromatic rings. The minimum Gasteiger partial charge on any atom is -0.370 e. The maximum absolute atomic E-state index is 12.6. The number of nitrogens with one attached hydrogen (secondary N) is 2. The van der Waals surface area contributed by atoms with Gasteiger partial charge in [0.25, 0.3) is 11.8 Å². The van der Waals surface area contributed by atoms with Gasteiger partial charge < -0.3 is 11.1 Å². The van der Waals surface area contributed by atoms with Crippen LogP contribution in [-0.4, -0.2) is 40.5 Å². The molecule has 0 aliphatic carbocycles. The van der Waals surface area contributed by atoms with Crippen molar-refractivity contribution in [3.63, 3.8) is 0 Å².